The molecule has 124 valence electrons. The summed E-state index contributed by atoms with van der Waals surface area (Å²) in [5.41, 5.74) is 6.97. The zero-order valence-electron chi connectivity index (χ0n) is 13.3. The van der Waals surface area contributed by atoms with Gasteiger partial charge in [0.1, 0.15) is 5.69 Å². The quantitative estimate of drug-likeness (QED) is 0.781. The van der Waals surface area contributed by atoms with Crippen LogP contribution >= 0.6 is 0 Å². The lowest BCUT2D eigenvalue weighted by molar-refractivity contribution is -0.114. The molecule has 2 aromatic rings. The number of hydrogen-bond acceptors (Lipinski definition) is 4. The second-order valence-corrected chi connectivity index (χ2v) is 5.91. The van der Waals surface area contributed by atoms with Gasteiger partial charge in [-0.15, -0.1) is 5.10 Å². The molecule has 7 nitrogen and oxygen atoms in total. The maximum atomic E-state index is 12.2. The monoisotopic (exact) mass is 325 g/mol. The van der Waals surface area contributed by atoms with E-state index in [0.29, 0.717) is 22.9 Å². The summed E-state index contributed by atoms with van der Waals surface area (Å²) in [6, 6.07) is 6.53. The van der Waals surface area contributed by atoms with Gasteiger partial charge >= 0.3 is 0 Å². The van der Waals surface area contributed by atoms with Crippen LogP contribution in [0.4, 0.5) is 5.69 Å². The van der Waals surface area contributed by atoms with E-state index in [9.17, 15) is 9.59 Å². The van der Waals surface area contributed by atoms with Crippen molar-refractivity contribution in [2.75, 3.05) is 4.90 Å². The average Bonchev–Trinajstić information content (AvgIpc) is 3.29. The van der Waals surface area contributed by atoms with E-state index in [4.69, 9.17) is 5.73 Å². The van der Waals surface area contributed by atoms with Gasteiger partial charge in [0.15, 0.2) is 0 Å². The Bertz CT molecular complexity index is 762. The van der Waals surface area contributed by atoms with E-state index in [1.165, 1.54) is 23.8 Å². The van der Waals surface area contributed by atoms with Gasteiger partial charge in [0.25, 0.3) is 5.91 Å². The Morgan fingerprint density at radius 3 is 2.62 bits per heavy atom. The molecule has 2 N–H and O–H groups in total. The molecule has 1 saturated carbocycles. The first-order valence-corrected chi connectivity index (χ1v) is 7.79. The van der Waals surface area contributed by atoms with Gasteiger partial charge in [-0.3, -0.25) is 14.3 Å². The minimum atomic E-state index is -0.508. The molecule has 7 heteroatoms. The summed E-state index contributed by atoms with van der Waals surface area (Å²) in [5, 5.41) is 8.24. The van der Waals surface area contributed by atoms with Gasteiger partial charge in [0.2, 0.25) is 5.91 Å². The fraction of sp³-hybridized carbons (Fsp3) is 0.294. The SMILES string of the molecule is C=CC(=O)N(Cc1cn(CC2CC2)nn1)c1ccc(C(N)=O)cc1. The molecule has 1 aromatic carbocycles. The van der Waals surface area contributed by atoms with Crippen molar-refractivity contribution in [1.82, 2.24) is 15.0 Å². The minimum absolute atomic E-state index is 0.251. The van der Waals surface area contributed by atoms with Gasteiger partial charge in [-0.05, 0) is 49.1 Å². The van der Waals surface area contributed by atoms with Crippen molar-refractivity contribution in [2.24, 2.45) is 11.7 Å². The zero-order chi connectivity index (χ0) is 17.1. The van der Waals surface area contributed by atoms with Crippen molar-refractivity contribution in [3.05, 3.63) is 54.4 Å². The molecule has 0 spiro atoms. The summed E-state index contributed by atoms with van der Waals surface area (Å²) in [6.45, 7) is 4.69. The van der Waals surface area contributed by atoms with Crippen molar-refractivity contribution in [3.63, 3.8) is 0 Å². The lowest BCUT2D eigenvalue weighted by Crippen LogP contribution is -2.28. The predicted octanol–water partition coefficient (Wildman–Crippen LogP) is 1.51. The largest absolute Gasteiger partial charge is 0.366 e. The maximum Gasteiger partial charge on any atom is 0.250 e. The van der Waals surface area contributed by atoms with E-state index >= 15 is 0 Å². The number of nitrogens with two attached hydrogens (primary N) is 1. The molecule has 0 bridgehead atoms. The number of nitrogens with zero attached hydrogens (tertiary/aromatic N) is 4. The molecule has 3 rings (SSSR count). The van der Waals surface area contributed by atoms with Crippen LogP contribution in [0, 0.1) is 5.92 Å². The lowest BCUT2D eigenvalue weighted by atomic mass is 10.2. The number of carbonyl (C=O) groups excluding carboxylic acids is 2. The summed E-state index contributed by atoms with van der Waals surface area (Å²) in [7, 11) is 0. The fourth-order valence-electron chi connectivity index (χ4n) is 2.44. The van der Waals surface area contributed by atoms with Crippen molar-refractivity contribution >= 4 is 17.5 Å². The summed E-state index contributed by atoms with van der Waals surface area (Å²) in [5.74, 6) is -0.0588. The number of benzene rings is 1. The van der Waals surface area contributed by atoms with Crippen molar-refractivity contribution in [2.45, 2.75) is 25.9 Å². The molecule has 1 heterocycles. The summed E-state index contributed by atoms with van der Waals surface area (Å²) >= 11 is 0. The van der Waals surface area contributed by atoms with Crippen molar-refractivity contribution < 1.29 is 9.59 Å². The number of hydrogen-bond donors (Lipinski definition) is 1. The molecule has 1 fully saturated rings. The Balaban J connectivity index is 1.78. The van der Waals surface area contributed by atoms with E-state index in [2.05, 4.69) is 16.9 Å². The number of amides is 2. The highest BCUT2D eigenvalue weighted by Gasteiger charge is 2.23. The third-order valence-corrected chi connectivity index (χ3v) is 3.95. The number of primary amides is 1. The smallest absolute Gasteiger partial charge is 0.250 e. The second kappa shape index (κ2) is 6.66. The molecule has 0 atom stereocenters. The Labute approximate surface area is 139 Å². The van der Waals surface area contributed by atoms with E-state index in [0.717, 1.165) is 6.54 Å². The van der Waals surface area contributed by atoms with Crippen LogP contribution in [0.2, 0.25) is 0 Å². The van der Waals surface area contributed by atoms with Crippen molar-refractivity contribution in [1.29, 1.82) is 0 Å². The number of aromatic nitrogens is 3. The molecular weight excluding hydrogens is 306 g/mol. The molecule has 24 heavy (non-hydrogen) atoms. The normalized spacial score (nSPS) is 13.5. The Morgan fingerprint density at radius 2 is 2.04 bits per heavy atom. The van der Waals surface area contributed by atoms with Gasteiger partial charge in [0.05, 0.1) is 12.7 Å². The van der Waals surface area contributed by atoms with Gasteiger partial charge in [-0.25, -0.2) is 0 Å². The van der Waals surface area contributed by atoms with Crippen LogP contribution in [0.25, 0.3) is 0 Å². The summed E-state index contributed by atoms with van der Waals surface area (Å²) < 4.78 is 1.82. The first-order valence-electron chi connectivity index (χ1n) is 7.79. The van der Waals surface area contributed by atoms with Gasteiger partial charge in [0, 0.05) is 17.8 Å². The standard InChI is InChI=1S/C17H19N5O2/c1-2-16(23)22(15-7-5-13(6-8-15)17(18)24)11-14-10-21(20-19-14)9-12-3-4-12/h2,5-8,10,12H,1,3-4,9,11H2,(H2,18,24). The topological polar surface area (TPSA) is 94.1 Å². The van der Waals surface area contributed by atoms with Gasteiger partial charge in [-0.1, -0.05) is 11.8 Å². The Kier molecular flexibility index (Phi) is 4.41. The van der Waals surface area contributed by atoms with Gasteiger partial charge in [-0.2, -0.15) is 0 Å². The van der Waals surface area contributed by atoms with Crippen molar-refractivity contribution in [3.8, 4) is 0 Å². The van der Waals surface area contributed by atoms with Crippen LogP contribution in [-0.4, -0.2) is 26.8 Å². The van der Waals surface area contributed by atoms with Gasteiger partial charge < -0.3 is 10.6 Å². The zero-order valence-corrected chi connectivity index (χ0v) is 13.3. The molecule has 2 amide bonds. The third kappa shape index (κ3) is 3.68. The second-order valence-electron chi connectivity index (χ2n) is 5.91. The molecule has 0 unspecified atom stereocenters. The predicted molar refractivity (Wildman–Crippen MR) is 89.1 cm³/mol. The molecule has 1 aromatic heterocycles. The minimum Gasteiger partial charge on any atom is -0.366 e. The molecule has 0 radical (unpaired) electrons. The molecule has 0 saturated heterocycles. The van der Waals surface area contributed by atoms with Crippen LogP contribution in [0.5, 0.6) is 0 Å². The number of rotatable bonds is 7. The highest BCUT2D eigenvalue weighted by molar-refractivity contribution is 6.01. The Morgan fingerprint density at radius 1 is 1.33 bits per heavy atom. The number of carbonyl (C=O) groups is 2. The Hall–Kier alpha value is -2.96. The fourth-order valence-corrected chi connectivity index (χ4v) is 2.44. The van der Waals surface area contributed by atoms with Crippen LogP contribution in [0.1, 0.15) is 28.9 Å². The van der Waals surface area contributed by atoms with Crippen LogP contribution in [0.3, 0.4) is 0 Å². The summed E-state index contributed by atoms with van der Waals surface area (Å²) in [4.78, 5) is 24.9. The van der Waals surface area contributed by atoms with E-state index in [-0.39, 0.29) is 12.5 Å². The average molecular weight is 325 g/mol. The van der Waals surface area contributed by atoms with E-state index in [1.807, 2.05) is 10.9 Å². The van der Waals surface area contributed by atoms with Crippen LogP contribution in [0.15, 0.2) is 43.1 Å². The summed E-state index contributed by atoms with van der Waals surface area (Å²) in [6.07, 6.45) is 5.58. The lowest BCUT2D eigenvalue weighted by Gasteiger charge is -2.20. The maximum absolute atomic E-state index is 12.2. The molecule has 0 aliphatic heterocycles. The van der Waals surface area contributed by atoms with Crippen LogP contribution < -0.4 is 10.6 Å². The van der Waals surface area contributed by atoms with E-state index < -0.39 is 5.91 Å². The molecule has 1 aliphatic carbocycles. The first-order chi connectivity index (χ1) is 11.6. The molecule has 1 aliphatic rings. The highest BCUT2D eigenvalue weighted by atomic mass is 16.2. The number of anilines is 1. The highest BCUT2D eigenvalue weighted by Crippen LogP contribution is 2.30. The molecular formula is C17H19N5O2. The third-order valence-electron chi connectivity index (χ3n) is 3.95. The van der Waals surface area contributed by atoms with Crippen LogP contribution in [-0.2, 0) is 17.9 Å². The van der Waals surface area contributed by atoms with E-state index in [1.54, 1.807) is 24.3 Å². The first kappa shape index (κ1) is 15.9.